The Hall–Kier alpha value is -0.810. The lowest BCUT2D eigenvalue weighted by Gasteiger charge is -2.40. The molecule has 0 aromatic heterocycles. The summed E-state index contributed by atoms with van der Waals surface area (Å²) in [6.45, 7) is 3.76. The second-order valence-corrected chi connectivity index (χ2v) is 7.12. The molecule has 2 aliphatic rings. The highest BCUT2D eigenvalue weighted by atomic mass is 35.5. The van der Waals surface area contributed by atoms with Gasteiger partial charge in [-0.05, 0) is 38.3 Å². The van der Waals surface area contributed by atoms with Crippen LogP contribution in [0.2, 0.25) is 5.02 Å². The monoisotopic (exact) mass is 372 g/mol. The molecule has 1 saturated heterocycles. The smallest absolute Gasteiger partial charge is 0.226 e. The number of morpholine rings is 1. The number of hydrogen-bond donors (Lipinski definition) is 1. The summed E-state index contributed by atoms with van der Waals surface area (Å²) >= 11 is 6.29. The van der Waals surface area contributed by atoms with Crippen LogP contribution in [0.1, 0.15) is 37.9 Å². The molecule has 1 heterocycles. The Morgan fingerprint density at radius 1 is 1.38 bits per heavy atom. The van der Waals surface area contributed by atoms with Crippen LogP contribution in [0, 0.1) is 11.8 Å². The molecule has 24 heavy (non-hydrogen) atoms. The molecule has 1 aromatic rings. The van der Waals surface area contributed by atoms with E-state index in [1.807, 2.05) is 36.1 Å². The van der Waals surface area contributed by atoms with Crippen LogP contribution in [0.25, 0.3) is 0 Å². The van der Waals surface area contributed by atoms with Crippen LogP contribution in [0.3, 0.4) is 0 Å². The number of nitrogens with two attached hydrogens (primary N) is 1. The number of hydrogen-bond acceptors (Lipinski definition) is 3. The predicted molar refractivity (Wildman–Crippen MR) is 98.5 cm³/mol. The number of halogens is 2. The lowest BCUT2D eigenvalue weighted by Crippen LogP contribution is -2.51. The summed E-state index contributed by atoms with van der Waals surface area (Å²) in [6.07, 6.45) is 2.98. The van der Waals surface area contributed by atoms with Crippen molar-refractivity contribution in [3.05, 3.63) is 34.9 Å². The molecule has 2 N–H and O–H groups in total. The van der Waals surface area contributed by atoms with Gasteiger partial charge in [-0.3, -0.25) is 4.79 Å². The second-order valence-electron chi connectivity index (χ2n) is 6.72. The first kappa shape index (κ1) is 19.5. The zero-order valence-corrected chi connectivity index (χ0v) is 15.6. The van der Waals surface area contributed by atoms with E-state index in [0.717, 1.165) is 24.8 Å². The number of carbonyl (C=O) groups excluding carboxylic acids is 1. The van der Waals surface area contributed by atoms with Gasteiger partial charge in [0, 0.05) is 16.5 Å². The number of carbonyl (C=O) groups is 1. The van der Waals surface area contributed by atoms with Crippen LogP contribution in [0.5, 0.6) is 0 Å². The van der Waals surface area contributed by atoms with E-state index in [0.29, 0.717) is 30.6 Å². The minimum atomic E-state index is -0.151. The van der Waals surface area contributed by atoms with E-state index in [1.54, 1.807) is 0 Å². The molecule has 1 aliphatic carbocycles. The van der Waals surface area contributed by atoms with Crippen molar-refractivity contribution in [2.75, 3.05) is 19.7 Å². The lowest BCUT2D eigenvalue weighted by atomic mass is 9.93. The van der Waals surface area contributed by atoms with E-state index in [9.17, 15) is 4.79 Å². The largest absolute Gasteiger partial charge is 0.369 e. The molecule has 3 rings (SSSR count). The number of ether oxygens (including phenoxy) is 1. The molecule has 0 radical (unpaired) electrons. The van der Waals surface area contributed by atoms with Crippen molar-refractivity contribution in [1.82, 2.24) is 4.90 Å². The van der Waals surface area contributed by atoms with Gasteiger partial charge in [0.05, 0.1) is 19.2 Å². The fourth-order valence-electron chi connectivity index (χ4n) is 3.85. The van der Waals surface area contributed by atoms with Crippen LogP contribution >= 0.6 is 24.0 Å². The highest BCUT2D eigenvalue weighted by Gasteiger charge is 2.39. The van der Waals surface area contributed by atoms with Crippen molar-refractivity contribution >= 4 is 29.9 Å². The average Bonchev–Trinajstić information content (AvgIpc) is 3.04. The highest BCUT2D eigenvalue weighted by molar-refractivity contribution is 6.31. The van der Waals surface area contributed by atoms with Crippen molar-refractivity contribution in [2.24, 2.45) is 17.6 Å². The van der Waals surface area contributed by atoms with E-state index < -0.39 is 0 Å². The van der Waals surface area contributed by atoms with Gasteiger partial charge < -0.3 is 15.4 Å². The summed E-state index contributed by atoms with van der Waals surface area (Å²) in [5.41, 5.74) is 6.81. The zero-order valence-electron chi connectivity index (χ0n) is 14.0. The van der Waals surface area contributed by atoms with Crippen LogP contribution in [0.4, 0.5) is 0 Å². The Labute approximate surface area is 155 Å². The molecule has 4 atom stereocenters. The molecule has 2 unspecified atom stereocenters. The maximum atomic E-state index is 13.0. The van der Waals surface area contributed by atoms with Gasteiger partial charge in [-0.1, -0.05) is 36.2 Å². The van der Waals surface area contributed by atoms with Gasteiger partial charge in [0.1, 0.15) is 6.10 Å². The molecule has 1 aliphatic heterocycles. The molecule has 2 fully saturated rings. The van der Waals surface area contributed by atoms with Gasteiger partial charge >= 0.3 is 0 Å². The van der Waals surface area contributed by atoms with E-state index in [-0.39, 0.29) is 36.4 Å². The number of amides is 1. The Bertz CT molecular complexity index is 570. The van der Waals surface area contributed by atoms with E-state index >= 15 is 0 Å². The van der Waals surface area contributed by atoms with Gasteiger partial charge in [-0.25, -0.2) is 0 Å². The maximum Gasteiger partial charge on any atom is 0.226 e. The van der Waals surface area contributed by atoms with E-state index in [2.05, 4.69) is 0 Å². The van der Waals surface area contributed by atoms with Crippen LogP contribution in [-0.2, 0) is 9.53 Å². The molecule has 1 saturated carbocycles. The first-order valence-electron chi connectivity index (χ1n) is 8.48. The number of nitrogens with zero attached hydrogens (tertiary/aromatic N) is 1. The van der Waals surface area contributed by atoms with Crippen molar-refractivity contribution in [3.8, 4) is 0 Å². The summed E-state index contributed by atoms with van der Waals surface area (Å²) in [7, 11) is 0. The topological polar surface area (TPSA) is 55.6 Å². The predicted octanol–water partition coefficient (Wildman–Crippen LogP) is 3.43. The minimum Gasteiger partial charge on any atom is -0.369 e. The zero-order chi connectivity index (χ0) is 16.4. The standard InChI is InChI=1S/C18H25ClN2O2.ClH/c1-12-11-23-17(15-6-2-3-8-16(15)19)10-21(12)18(22)14-7-4-5-13(14)9-20;/h2-3,6,8,12-14,17H,4-5,7,9-11,20H2,1H3;1H/t12?,13-,14-,17?;/m1./s1. The third-order valence-electron chi connectivity index (χ3n) is 5.25. The molecule has 1 amide bonds. The molecular weight excluding hydrogens is 347 g/mol. The molecular formula is C18H26Cl2N2O2. The fraction of sp³-hybridized carbons (Fsp3) is 0.611. The van der Waals surface area contributed by atoms with Gasteiger partial charge in [0.25, 0.3) is 0 Å². The Morgan fingerprint density at radius 3 is 2.83 bits per heavy atom. The summed E-state index contributed by atoms with van der Waals surface area (Å²) < 4.78 is 5.95. The van der Waals surface area contributed by atoms with Crippen molar-refractivity contribution in [2.45, 2.75) is 38.3 Å². The minimum absolute atomic E-state index is 0. The average molecular weight is 373 g/mol. The highest BCUT2D eigenvalue weighted by Crippen LogP contribution is 2.35. The number of benzene rings is 1. The SMILES string of the molecule is CC1COC(c2ccccc2Cl)CN1C(=O)[C@@H]1CCC[C@@H]1CN.Cl. The third-order valence-corrected chi connectivity index (χ3v) is 5.59. The van der Waals surface area contributed by atoms with E-state index in [4.69, 9.17) is 22.1 Å². The van der Waals surface area contributed by atoms with Crippen LogP contribution < -0.4 is 5.73 Å². The molecule has 134 valence electrons. The molecule has 0 spiro atoms. The normalized spacial score (nSPS) is 30.0. The molecule has 1 aromatic carbocycles. The molecule has 0 bridgehead atoms. The molecule has 6 heteroatoms. The summed E-state index contributed by atoms with van der Waals surface area (Å²) in [5.74, 6) is 0.648. The summed E-state index contributed by atoms with van der Waals surface area (Å²) in [5, 5.41) is 0.695. The van der Waals surface area contributed by atoms with Crippen molar-refractivity contribution in [1.29, 1.82) is 0 Å². The van der Waals surface area contributed by atoms with Gasteiger partial charge in [-0.2, -0.15) is 0 Å². The maximum absolute atomic E-state index is 13.0. The van der Waals surface area contributed by atoms with Gasteiger partial charge in [0.15, 0.2) is 0 Å². The lowest BCUT2D eigenvalue weighted by molar-refractivity contribution is -0.149. The first-order chi connectivity index (χ1) is 11.1. The molecule has 4 nitrogen and oxygen atoms in total. The quantitative estimate of drug-likeness (QED) is 0.883. The van der Waals surface area contributed by atoms with Crippen molar-refractivity contribution < 1.29 is 9.53 Å². The second kappa shape index (κ2) is 8.52. The van der Waals surface area contributed by atoms with Crippen LogP contribution in [0.15, 0.2) is 24.3 Å². The van der Waals surface area contributed by atoms with E-state index in [1.165, 1.54) is 0 Å². The first-order valence-corrected chi connectivity index (χ1v) is 8.86. The Morgan fingerprint density at radius 2 is 2.12 bits per heavy atom. The summed E-state index contributed by atoms with van der Waals surface area (Å²) in [6, 6.07) is 7.80. The Balaban J connectivity index is 0.00000208. The Kier molecular flexibility index (Phi) is 6.93. The van der Waals surface area contributed by atoms with Crippen LogP contribution in [-0.4, -0.2) is 36.5 Å². The van der Waals surface area contributed by atoms with Gasteiger partial charge in [0.2, 0.25) is 5.91 Å². The number of rotatable bonds is 3. The fourth-order valence-corrected chi connectivity index (χ4v) is 4.10. The summed E-state index contributed by atoms with van der Waals surface area (Å²) in [4.78, 5) is 15.0. The van der Waals surface area contributed by atoms with Crippen molar-refractivity contribution in [3.63, 3.8) is 0 Å². The van der Waals surface area contributed by atoms with Gasteiger partial charge in [-0.15, -0.1) is 12.4 Å². The third kappa shape index (κ3) is 3.88.